The Bertz CT molecular complexity index is 1290. The zero-order valence-electron chi connectivity index (χ0n) is 20.4. The summed E-state index contributed by atoms with van der Waals surface area (Å²) in [5.74, 6) is -0.745. The van der Waals surface area contributed by atoms with E-state index in [9.17, 15) is 18.0 Å². The van der Waals surface area contributed by atoms with Gasteiger partial charge in [0.15, 0.2) is 0 Å². The standard InChI is InChI=1S/C26H29N3O5S2/c1-4-29(36(32,33)22-15-13-21(35-3)14-16-22)20-11-9-19(10-12-20)25(30)28-24-8-6-5-7-23(24)26(31)27-17-18-34-2/h5-16H,4,17-18H2,1-3H3,(H,27,31)(H,28,30). The Balaban J connectivity index is 1.77. The van der Waals surface area contributed by atoms with Gasteiger partial charge in [0, 0.05) is 30.7 Å². The first kappa shape index (κ1) is 27.3. The second kappa shape index (κ2) is 12.6. The monoisotopic (exact) mass is 527 g/mol. The fourth-order valence-electron chi connectivity index (χ4n) is 3.49. The average molecular weight is 528 g/mol. The van der Waals surface area contributed by atoms with Gasteiger partial charge in [-0.3, -0.25) is 13.9 Å². The Morgan fingerprint density at radius 3 is 2.22 bits per heavy atom. The van der Waals surface area contributed by atoms with Crippen molar-refractivity contribution in [2.24, 2.45) is 0 Å². The fourth-order valence-corrected chi connectivity index (χ4v) is 5.37. The number of para-hydroxylation sites is 1. The number of anilines is 2. The predicted octanol–water partition coefficient (Wildman–Crippen LogP) is 4.25. The minimum atomic E-state index is -3.77. The number of carbonyl (C=O) groups is 2. The van der Waals surface area contributed by atoms with E-state index in [0.29, 0.717) is 35.7 Å². The maximum Gasteiger partial charge on any atom is 0.264 e. The molecule has 36 heavy (non-hydrogen) atoms. The van der Waals surface area contributed by atoms with E-state index in [0.717, 1.165) is 4.90 Å². The van der Waals surface area contributed by atoms with Crippen LogP contribution in [0, 0.1) is 0 Å². The molecule has 3 aromatic carbocycles. The molecule has 2 amide bonds. The summed E-state index contributed by atoms with van der Waals surface area (Å²) >= 11 is 1.54. The van der Waals surface area contributed by atoms with E-state index in [4.69, 9.17) is 4.74 Å². The Morgan fingerprint density at radius 1 is 0.944 bits per heavy atom. The Kier molecular flexibility index (Phi) is 9.51. The molecule has 190 valence electrons. The maximum absolute atomic E-state index is 13.2. The number of amides is 2. The second-order valence-electron chi connectivity index (χ2n) is 7.64. The lowest BCUT2D eigenvalue weighted by molar-refractivity contribution is 0.0938. The normalized spacial score (nSPS) is 11.1. The number of carbonyl (C=O) groups excluding carboxylic acids is 2. The number of methoxy groups -OCH3 is 1. The summed E-state index contributed by atoms with van der Waals surface area (Å²) in [4.78, 5) is 26.5. The second-order valence-corrected chi connectivity index (χ2v) is 10.4. The zero-order chi connectivity index (χ0) is 26.1. The molecule has 0 spiro atoms. The van der Waals surface area contributed by atoms with Crippen molar-refractivity contribution in [2.75, 3.05) is 42.7 Å². The van der Waals surface area contributed by atoms with Gasteiger partial charge in [-0.15, -0.1) is 11.8 Å². The van der Waals surface area contributed by atoms with Gasteiger partial charge in [-0.25, -0.2) is 8.42 Å². The molecule has 0 aliphatic heterocycles. The minimum Gasteiger partial charge on any atom is -0.383 e. The summed E-state index contributed by atoms with van der Waals surface area (Å²) in [6.45, 7) is 2.70. The van der Waals surface area contributed by atoms with Crippen LogP contribution in [-0.2, 0) is 14.8 Å². The lowest BCUT2D eigenvalue weighted by atomic mass is 10.1. The molecule has 0 bridgehead atoms. The molecule has 0 fully saturated rings. The average Bonchev–Trinajstić information content (AvgIpc) is 2.89. The largest absolute Gasteiger partial charge is 0.383 e. The van der Waals surface area contributed by atoms with E-state index in [1.54, 1.807) is 86.8 Å². The Morgan fingerprint density at radius 2 is 1.61 bits per heavy atom. The molecule has 2 N–H and O–H groups in total. The molecule has 0 aliphatic rings. The molecule has 0 saturated carbocycles. The highest BCUT2D eigenvalue weighted by Crippen LogP contribution is 2.26. The highest BCUT2D eigenvalue weighted by molar-refractivity contribution is 7.98. The van der Waals surface area contributed by atoms with Crippen molar-refractivity contribution in [3.05, 3.63) is 83.9 Å². The Labute approximate surface area is 216 Å². The summed E-state index contributed by atoms with van der Waals surface area (Å²) < 4.78 is 32.7. The van der Waals surface area contributed by atoms with Gasteiger partial charge in [0.1, 0.15) is 0 Å². The molecule has 8 nitrogen and oxygen atoms in total. The third kappa shape index (κ3) is 6.45. The quantitative estimate of drug-likeness (QED) is 0.285. The van der Waals surface area contributed by atoms with E-state index < -0.39 is 15.9 Å². The molecule has 0 atom stereocenters. The number of ether oxygens (including phenoxy) is 1. The van der Waals surface area contributed by atoms with Crippen molar-refractivity contribution >= 4 is 45.0 Å². The third-order valence-electron chi connectivity index (χ3n) is 5.36. The van der Waals surface area contributed by atoms with Crippen LogP contribution in [0.3, 0.4) is 0 Å². The van der Waals surface area contributed by atoms with E-state index in [1.165, 1.54) is 16.1 Å². The molecule has 3 rings (SSSR count). The van der Waals surface area contributed by atoms with Crippen LogP contribution in [0.15, 0.2) is 82.6 Å². The van der Waals surface area contributed by atoms with Gasteiger partial charge in [0.05, 0.1) is 28.4 Å². The van der Waals surface area contributed by atoms with Crippen LogP contribution in [0.5, 0.6) is 0 Å². The summed E-state index contributed by atoms with van der Waals surface area (Å²) in [6, 6.07) is 19.7. The van der Waals surface area contributed by atoms with Crippen LogP contribution in [0.2, 0.25) is 0 Å². The smallest absolute Gasteiger partial charge is 0.264 e. The number of thioether (sulfide) groups is 1. The minimum absolute atomic E-state index is 0.198. The van der Waals surface area contributed by atoms with E-state index in [1.807, 2.05) is 6.26 Å². The van der Waals surface area contributed by atoms with Crippen molar-refractivity contribution in [1.29, 1.82) is 0 Å². The van der Waals surface area contributed by atoms with Crippen molar-refractivity contribution in [3.63, 3.8) is 0 Å². The number of sulfonamides is 1. The van der Waals surface area contributed by atoms with Crippen LogP contribution >= 0.6 is 11.8 Å². The SMILES string of the molecule is CCN(c1ccc(C(=O)Nc2ccccc2C(=O)NCCOC)cc1)S(=O)(=O)c1ccc(SC)cc1. The number of rotatable bonds is 11. The van der Waals surface area contributed by atoms with E-state index in [-0.39, 0.29) is 17.3 Å². The summed E-state index contributed by atoms with van der Waals surface area (Å²) in [5, 5.41) is 5.50. The lowest BCUT2D eigenvalue weighted by Gasteiger charge is -2.23. The number of benzene rings is 3. The summed E-state index contributed by atoms with van der Waals surface area (Å²) in [7, 11) is -2.22. The first-order valence-corrected chi connectivity index (χ1v) is 13.9. The van der Waals surface area contributed by atoms with Crippen LogP contribution in [0.4, 0.5) is 11.4 Å². The highest BCUT2D eigenvalue weighted by Gasteiger charge is 2.24. The molecule has 0 unspecified atom stereocenters. The van der Waals surface area contributed by atoms with Crippen molar-refractivity contribution < 1.29 is 22.7 Å². The summed E-state index contributed by atoms with van der Waals surface area (Å²) in [5.41, 5.74) is 1.47. The molecule has 0 saturated heterocycles. The van der Waals surface area contributed by atoms with Gasteiger partial charge in [0.2, 0.25) is 0 Å². The molecular formula is C26H29N3O5S2. The first-order chi connectivity index (χ1) is 17.3. The molecule has 3 aromatic rings. The number of nitrogens with one attached hydrogen (secondary N) is 2. The highest BCUT2D eigenvalue weighted by atomic mass is 32.2. The molecule has 10 heteroatoms. The van der Waals surface area contributed by atoms with Crippen LogP contribution in [0.25, 0.3) is 0 Å². The van der Waals surface area contributed by atoms with Crippen molar-refractivity contribution in [1.82, 2.24) is 5.32 Å². The first-order valence-electron chi connectivity index (χ1n) is 11.3. The predicted molar refractivity (Wildman–Crippen MR) is 143 cm³/mol. The molecule has 0 aliphatic carbocycles. The summed E-state index contributed by atoms with van der Waals surface area (Å²) in [6.07, 6.45) is 1.93. The number of hydrogen-bond donors (Lipinski definition) is 2. The van der Waals surface area contributed by atoms with Gasteiger partial charge < -0.3 is 15.4 Å². The Hall–Kier alpha value is -3.34. The number of nitrogens with zero attached hydrogens (tertiary/aromatic N) is 1. The third-order valence-corrected chi connectivity index (χ3v) is 8.02. The van der Waals surface area contributed by atoms with Crippen LogP contribution in [0.1, 0.15) is 27.6 Å². The molecule has 0 aromatic heterocycles. The van der Waals surface area contributed by atoms with Crippen LogP contribution < -0.4 is 14.9 Å². The molecular weight excluding hydrogens is 498 g/mol. The van der Waals surface area contributed by atoms with Gasteiger partial charge in [0.25, 0.3) is 21.8 Å². The molecule has 0 heterocycles. The molecule has 0 radical (unpaired) electrons. The van der Waals surface area contributed by atoms with Gasteiger partial charge in [-0.05, 0) is 73.8 Å². The van der Waals surface area contributed by atoms with Crippen LogP contribution in [-0.4, -0.2) is 53.3 Å². The van der Waals surface area contributed by atoms with Gasteiger partial charge >= 0.3 is 0 Å². The van der Waals surface area contributed by atoms with Gasteiger partial charge in [-0.1, -0.05) is 12.1 Å². The topological polar surface area (TPSA) is 105 Å². The van der Waals surface area contributed by atoms with Crippen molar-refractivity contribution in [3.8, 4) is 0 Å². The maximum atomic E-state index is 13.2. The lowest BCUT2D eigenvalue weighted by Crippen LogP contribution is -2.30. The fraction of sp³-hybridized carbons (Fsp3) is 0.231. The van der Waals surface area contributed by atoms with E-state index >= 15 is 0 Å². The number of hydrogen-bond acceptors (Lipinski definition) is 6. The van der Waals surface area contributed by atoms with Crippen molar-refractivity contribution in [2.45, 2.75) is 16.7 Å². The van der Waals surface area contributed by atoms with E-state index in [2.05, 4.69) is 10.6 Å². The van der Waals surface area contributed by atoms with Gasteiger partial charge in [-0.2, -0.15) is 0 Å². The zero-order valence-corrected chi connectivity index (χ0v) is 22.0.